The highest BCUT2D eigenvalue weighted by Crippen LogP contribution is 2.45. The molecule has 138 valence electrons. The molecule has 1 amide bonds. The number of hydrogen-bond acceptors (Lipinski definition) is 3. The third kappa shape index (κ3) is 2.95. The van der Waals surface area contributed by atoms with E-state index in [0.717, 1.165) is 46.7 Å². The molecule has 0 saturated carbocycles. The van der Waals surface area contributed by atoms with Crippen molar-refractivity contribution in [3.63, 3.8) is 0 Å². The largest absolute Gasteiger partial charge is 0.496 e. The number of para-hydroxylation sites is 2. The monoisotopic (exact) mass is 361 g/mol. The highest BCUT2D eigenvalue weighted by atomic mass is 16.5. The molecule has 1 unspecified atom stereocenters. The number of anilines is 1. The second-order valence-electron chi connectivity index (χ2n) is 7.15. The average Bonchev–Trinajstić information content (AvgIpc) is 2.68. The topological polar surface area (TPSA) is 46.6 Å². The van der Waals surface area contributed by atoms with E-state index in [9.17, 15) is 9.59 Å². The van der Waals surface area contributed by atoms with Gasteiger partial charge >= 0.3 is 0 Å². The van der Waals surface area contributed by atoms with E-state index in [1.54, 1.807) is 12.0 Å². The number of methoxy groups -OCH3 is 1. The normalized spacial score (nSPS) is 19.9. The molecule has 0 bridgehead atoms. The summed E-state index contributed by atoms with van der Waals surface area (Å²) >= 11 is 0. The van der Waals surface area contributed by atoms with Crippen molar-refractivity contribution in [1.82, 2.24) is 0 Å². The molecule has 4 rings (SSSR count). The van der Waals surface area contributed by atoms with E-state index in [0.29, 0.717) is 6.42 Å². The Morgan fingerprint density at radius 1 is 1.00 bits per heavy atom. The Bertz CT molecular complexity index is 944. The highest BCUT2D eigenvalue weighted by Gasteiger charge is 2.40. The van der Waals surface area contributed by atoms with E-state index in [1.165, 1.54) is 0 Å². The van der Waals surface area contributed by atoms with E-state index in [2.05, 4.69) is 0 Å². The molecule has 2 aliphatic rings. The Hall–Kier alpha value is -2.88. The zero-order valence-corrected chi connectivity index (χ0v) is 15.7. The lowest BCUT2D eigenvalue weighted by Gasteiger charge is -2.39. The zero-order chi connectivity index (χ0) is 19.0. The van der Waals surface area contributed by atoms with Gasteiger partial charge < -0.3 is 4.74 Å². The fraction of sp³-hybridized carbons (Fsp3) is 0.304. The summed E-state index contributed by atoms with van der Waals surface area (Å²) in [7, 11) is 1.63. The predicted molar refractivity (Wildman–Crippen MR) is 105 cm³/mol. The van der Waals surface area contributed by atoms with Gasteiger partial charge in [0.05, 0.1) is 12.8 Å². The van der Waals surface area contributed by atoms with Crippen molar-refractivity contribution in [2.45, 2.75) is 38.5 Å². The van der Waals surface area contributed by atoms with Crippen molar-refractivity contribution in [3.8, 4) is 5.75 Å². The Morgan fingerprint density at radius 2 is 1.74 bits per heavy atom. The summed E-state index contributed by atoms with van der Waals surface area (Å²) in [6.45, 7) is 2.00. The molecule has 1 aliphatic carbocycles. The number of allylic oxidation sites excluding steroid dienone is 2. The fourth-order valence-corrected chi connectivity index (χ4v) is 4.31. The second kappa shape index (κ2) is 7.03. The molecule has 0 saturated heterocycles. The molecule has 27 heavy (non-hydrogen) atoms. The molecule has 0 spiro atoms. The highest BCUT2D eigenvalue weighted by molar-refractivity contribution is 6.07. The molecule has 4 heteroatoms. The van der Waals surface area contributed by atoms with Gasteiger partial charge in [-0.15, -0.1) is 0 Å². The SMILES string of the molecule is COc1ccccc1C1CC(=O)N(c2ccccc2C)C2=C1C(=O)CCC2. The molecule has 0 fully saturated rings. The molecule has 4 nitrogen and oxygen atoms in total. The standard InChI is InChI=1S/C23H23NO3/c1-15-8-3-5-10-18(15)24-19-11-7-12-20(25)23(19)17(14-22(24)26)16-9-4-6-13-21(16)27-2/h3-6,8-10,13,17H,7,11-12,14H2,1-2H3. The van der Waals surface area contributed by atoms with Crippen LogP contribution >= 0.6 is 0 Å². The average molecular weight is 361 g/mol. The van der Waals surface area contributed by atoms with Crippen LogP contribution in [0.15, 0.2) is 59.8 Å². The summed E-state index contributed by atoms with van der Waals surface area (Å²) in [6.07, 6.45) is 2.35. The van der Waals surface area contributed by atoms with E-state index in [4.69, 9.17) is 4.74 Å². The Labute approximate surface area is 159 Å². The fourth-order valence-electron chi connectivity index (χ4n) is 4.31. The number of ketones is 1. The van der Waals surface area contributed by atoms with Gasteiger partial charge in [0.2, 0.25) is 5.91 Å². The Balaban J connectivity index is 1.90. The van der Waals surface area contributed by atoms with Crippen molar-refractivity contribution < 1.29 is 14.3 Å². The Kier molecular flexibility index (Phi) is 4.56. The van der Waals surface area contributed by atoms with E-state index in [1.807, 2.05) is 55.5 Å². The van der Waals surface area contributed by atoms with E-state index < -0.39 is 0 Å². The lowest BCUT2D eigenvalue weighted by molar-refractivity contribution is -0.119. The van der Waals surface area contributed by atoms with Crippen LogP contribution in [0.4, 0.5) is 5.69 Å². The molecule has 1 aliphatic heterocycles. The first-order valence-corrected chi connectivity index (χ1v) is 9.39. The predicted octanol–water partition coefficient (Wildman–Crippen LogP) is 4.53. The van der Waals surface area contributed by atoms with Gasteiger partial charge in [0.25, 0.3) is 0 Å². The number of hydrogen-bond donors (Lipinski definition) is 0. The van der Waals surface area contributed by atoms with Crippen LogP contribution in [0, 0.1) is 6.92 Å². The number of nitrogens with zero attached hydrogens (tertiary/aromatic N) is 1. The molecule has 1 heterocycles. The minimum Gasteiger partial charge on any atom is -0.496 e. The number of benzene rings is 2. The zero-order valence-electron chi connectivity index (χ0n) is 15.7. The van der Waals surface area contributed by atoms with Crippen LogP contribution in [0.5, 0.6) is 5.75 Å². The first-order valence-electron chi connectivity index (χ1n) is 9.39. The molecule has 2 aromatic carbocycles. The van der Waals surface area contributed by atoms with Crippen LogP contribution in [-0.2, 0) is 9.59 Å². The number of carbonyl (C=O) groups excluding carboxylic acids is 2. The lowest BCUT2D eigenvalue weighted by atomic mass is 9.76. The third-order valence-electron chi connectivity index (χ3n) is 5.55. The number of amides is 1. The molecule has 0 N–H and O–H groups in total. The summed E-state index contributed by atoms with van der Waals surface area (Å²) in [5, 5.41) is 0. The van der Waals surface area contributed by atoms with Gasteiger partial charge in [-0.2, -0.15) is 0 Å². The van der Waals surface area contributed by atoms with Crippen molar-refractivity contribution in [2.75, 3.05) is 12.0 Å². The maximum Gasteiger partial charge on any atom is 0.232 e. The lowest BCUT2D eigenvalue weighted by Crippen LogP contribution is -2.41. The van der Waals surface area contributed by atoms with Crippen LogP contribution in [-0.4, -0.2) is 18.8 Å². The number of aryl methyl sites for hydroxylation is 1. The van der Waals surface area contributed by atoms with Crippen LogP contribution in [0.3, 0.4) is 0 Å². The first kappa shape index (κ1) is 17.5. The smallest absolute Gasteiger partial charge is 0.232 e. The van der Waals surface area contributed by atoms with Crippen molar-refractivity contribution >= 4 is 17.4 Å². The molecular weight excluding hydrogens is 338 g/mol. The minimum absolute atomic E-state index is 0.0358. The van der Waals surface area contributed by atoms with Crippen molar-refractivity contribution in [2.24, 2.45) is 0 Å². The van der Waals surface area contributed by atoms with Gasteiger partial charge in [-0.3, -0.25) is 14.5 Å². The van der Waals surface area contributed by atoms with E-state index in [-0.39, 0.29) is 24.0 Å². The second-order valence-corrected chi connectivity index (χ2v) is 7.15. The van der Waals surface area contributed by atoms with Crippen LogP contribution in [0.25, 0.3) is 0 Å². The number of carbonyl (C=O) groups is 2. The molecule has 0 radical (unpaired) electrons. The molecule has 2 aromatic rings. The maximum atomic E-state index is 13.2. The van der Waals surface area contributed by atoms with Gasteiger partial charge in [-0.05, 0) is 37.5 Å². The van der Waals surface area contributed by atoms with Gasteiger partial charge in [-0.1, -0.05) is 36.4 Å². The first-order chi connectivity index (χ1) is 13.1. The van der Waals surface area contributed by atoms with Crippen molar-refractivity contribution in [1.29, 1.82) is 0 Å². The Morgan fingerprint density at radius 3 is 2.52 bits per heavy atom. The van der Waals surface area contributed by atoms with Crippen LogP contribution in [0.1, 0.15) is 42.7 Å². The van der Waals surface area contributed by atoms with Gasteiger partial charge in [0.15, 0.2) is 5.78 Å². The van der Waals surface area contributed by atoms with Crippen LogP contribution < -0.4 is 9.64 Å². The maximum absolute atomic E-state index is 13.2. The number of rotatable bonds is 3. The third-order valence-corrected chi connectivity index (χ3v) is 5.55. The summed E-state index contributed by atoms with van der Waals surface area (Å²) in [5.74, 6) is 0.675. The van der Waals surface area contributed by atoms with Crippen molar-refractivity contribution in [3.05, 3.63) is 70.9 Å². The minimum atomic E-state index is -0.239. The van der Waals surface area contributed by atoms with Gasteiger partial charge in [0, 0.05) is 35.6 Å². The molecular formula is C23H23NO3. The summed E-state index contributed by atoms with van der Waals surface area (Å²) in [6, 6.07) is 15.6. The number of ether oxygens (including phenoxy) is 1. The number of Topliss-reactive ketones (excluding diaryl/α,β-unsaturated/α-hetero) is 1. The van der Waals surface area contributed by atoms with E-state index >= 15 is 0 Å². The van der Waals surface area contributed by atoms with Crippen LogP contribution in [0.2, 0.25) is 0 Å². The van der Waals surface area contributed by atoms with Gasteiger partial charge in [0.1, 0.15) is 5.75 Å². The molecule has 1 atom stereocenters. The molecule has 0 aromatic heterocycles. The summed E-state index contributed by atoms with van der Waals surface area (Å²) in [5.41, 5.74) is 4.48. The summed E-state index contributed by atoms with van der Waals surface area (Å²) in [4.78, 5) is 28.0. The van der Waals surface area contributed by atoms with Gasteiger partial charge in [-0.25, -0.2) is 0 Å². The quantitative estimate of drug-likeness (QED) is 0.807. The summed E-state index contributed by atoms with van der Waals surface area (Å²) < 4.78 is 5.52.